The van der Waals surface area contributed by atoms with Gasteiger partial charge in [-0.05, 0) is 43.2 Å². The first-order chi connectivity index (χ1) is 12.5. The fourth-order valence-electron chi connectivity index (χ4n) is 2.85. The Morgan fingerprint density at radius 1 is 1.04 bits per heavy atom. The van der Waals surface area contributed by atoms with Gasteiger partial charge in [-0.1, -0.05) is 24.3 Å². The van der Waals surface area contributed by atoms with Crippen LogP contribution in [-0.4, -0.2) is 31.9 Å². The van der Waals surface area contributed by atoms with E-state index in [1.54, 1.807) is 25.2 Å². The number of rotatable bonds is 5. The number of nitrogens with zero attached hydrogens (tertiary/aromatic N) is 1. The Kier molecular flexibility index (Phi) is 4.75. The lowest BCUT2D eigenvalue weighted by Gasteiger charge is -2.23. The van der Waals surface area contributed by atoms with Gasteiger partial charge < -0.3 is 15.0 Å². The van der Waals surface area contributed by atoms with Gasteiger partial charge in [0.2, 0.25) is 11.8 Å². The summed E-state index contributed by atoms with van der Waals surface area (Å²) >= 11 is 0. The molecule has 1 aliphatic rings. The van der Waals surface area contributed by atoms with Gasteiger partial charge in [0.25, 0.3) is 0 Å². The van der Waals surface area contributed by atoms with Crippen molar-refractivity contribution in [3.63, 3.8) is 0 Å². The zero-order valence-corrected chi connectivity index (χ0v) is 14.7. The van der Waals surface area contributed by atoms with Crippen molar-refractivity contribution in [2.24, 2.45) is 5.41 Å². The molecular weight excluding hydrogens is 332 g/mol. The Morgan fingerprint density at radius 3 is 2.35 bits per heavy atom. The van der Waals surface area contributed by atoms with Crippen LogP contribution in [0.25, 0.3) is 0 Å². The van der Waals surface area contributed by atoms with Gasteiger partial charge in [0.15, 0.2) is 0 Å². The first-order valence-electron chi connectivity index (χ1n) is 8.31. The van der Waals surface area contributed by atoms with Crippen molar-refractivity contribution >= 4 is 29.2 Å². The number of carbonyl (C=O) groups excluding carboxylic acids is 3. The van der Waals surface area contributed by atoms with Crippen LogP contribution < -0.4 is 10.2 Å². The molecule has 1 N–H and O–H groups in total. The number of esters is 1. The van der Waals surface area contributed by atoms with Gasteiger partial charge in [-0.3, -0.25) is 9.59 Å². The maximum Gasteiger partial charge on any atom is 0.337 e. The van der Waals surface area contributed by atoms with E-state index in [1.807, 2.05) is 30.3 Å². The highest BCUT2D eigenvalue weighted by Gasteiger charge is 2.57. The van der Waals surface area contributed by atoms with Crippen molar-refractivity contribution < 1.29 is 19.1 Å². The van der Waals surface area contributed by atoms with E-state index in [4.69, 9.17) is 0 Å². The van der Waals surface area contributed by atoms with Crippen LogP contribution in [0.1, 0.15) is 23.2 Å². The predicted octanol–water partition coefficient (Wildman–Crippen LogP) is 2.85. The molecule has 0 spiro atoms. The minimum atomic E-state index is -1.05. The molecule has 0 aromatic heterocycles. The Balaban J connectivity index is 1.75. The summed E-state index contributed by atoms with van der Waals surface area (Å²) in [5, 5.41) is 2.76. The van der Waals surface area contributed by atoms with Crippen LogP contribution in [0.15, 0.2) is 54.6 Å². The van der Waals surface area contributed by atoms with Crippen molar-refractivity contribution in [1.29, 1.82) is 0 Å². The van der Waals surface area contributed by atoms with Crippen LogP contribution >= 0.6 is 0 Å². The molecule has 134 valence electrons. The summed E-state index contributed by atoms with van der Waals surface area (Å²) in [7, 11) is 2.97. The summed E-state index contributed by atoms with van der Waals surface area (Å²) in [6.07, 6.45) is 1.01. The molecule has 0 unspecified atom stereocenters. The smallest absolute Gasteiger partial charge is 0.337 e. The maximum atomic E-state index is 12.9. The van der Waals surface area contributed by atoms with Crippen molar-refractivity contribution in [1.82, 2.24) is 0 Å². The minimum Gasteiger partial charge on any atom is -0.465 e. The molecule has 1 saturated carbocycles. The zero-order chi connectivity index (χ0) is 18.7. The van der Waals surface area contributed by atoms with Gasteiger partial charge in [-0.15, -0.1) is 0 Å². The number of nitrogens with one attached hydrogen (secondary N) is 1. The standard InChI is InChI=1S/C20H20N2O4/c1-22(16-9-4-3-5-10-16)19(25)20(11-12-20)18(24)21-15-8-6-7-14(13-15)17(23)26-2/h3-10,13H,11-12H2,1-2H3,(H,21,24). The quantitative estimate of drug-likeness (QED) is 0.663. The lowest BCUT2D eigenvalue weighted by atomic mass is 10.0. The lowest BCUT2D eigenvalue weighted by Crippen LogP contribution is -2.41. The Morgan fingerprint density at radius 2 is 1.73 bits per heavy atom. The topological polar surface area (TPSA) is 75.7 Å². The zero-order valence-electron chi connectivity index (χ0n) is 14.7. The molecule has 0 saturated heterocycles. The van der Waals surface area contributed by atoms with E-state index < -0.39 is 11.4 Å². The number of hydrogen-bond acceptors (Lipinski definition) is 4. The third-order valence-electron chi connectivity index (χ3n) is 4.58. The molecule has 3 rings (SSSR count). The van der Waals surface area contributed by atoms with Crippen LogP contribution in [0.3, 0.4) is 0 Å². The molecule has 6 nitrogen and oxygen atoms in total. The molecule has 0 atom stereocenters. The number of ether oxygens (including phenoxy) is 1. The number of carbonyl (C=O) groups is 3. The van der Waals surface area contributed by atoms with Crippen molar-refractivity contribution in [2.45, 2.75) is 12.8 Å². The molecule has 0 bridgehead atoms. The fourth-order valence-corrected chi connectivity index (χ4v) is 2.85. The van der Waals surface area contributed by atoms with E-state index in [-0.39, 0.29) is 11.8 Å². The van der Waals surface area contributed by atoms with Crippen LogP contribution in [0.5, 0.6) is 0 Å². The SMILES string of the molecule is COC(=O)c1cccc(NC(=O)C2(C(=O)N(C)c3ccccc3)CC2)c1. The van der Waals surface area contributed by atoms with Crippen LogP contribution in [-0.2, 0) is 14.3 Å². The van der Waals surface area contributed by atoms with E-state index in [2.05, 4.69) is 10.1 Å². The molecule has 26 heavy (non-hydrogen) atoms. The van der Waals surface area contributed by atoms with E-state index in [0.717, 1.165) is 5.69 Å². The highest BCUT2D eigenvalue weighted by Crippen LogP contribution is 2.48. The number of amides is 2. The molecule has 1 aliphatic carbocycles. The molecule has 0 heterocycles. The molecule has 6 heteroatoms. The fraction of sp³-hybridized carbons (Fsp3) is 0.250. The van der Waals surface area contributed by atoms with Crippen LogP contribution in [0.4, 0.5) is 11.4 Å². The summed E-state index contributed by atoms with van der Waals surface area (Å²) < 4.78 is 4.68. The summed E-state index contributed by atoms with van der Waals surface area (Å²) in [4.78, 5) is 38.8. The molecule has 0 aliphatic heterocycles. The molecule has 2 aromatic carbocycles. The second-order valence-electron chi connectivity index (χ2n) is 6.31. The van der Waals surface area contributed by atoms with Crippen molar-refractivity contribution in [2.75, 3.05) is 24.4 Å². The molecule has 1 fully saturated rings. The van der Waals surface area contributed by atoms with E-state index in [0.29, 0.717) is 24.1 Å². The monoisotopic (exact) mass is 352 g/mol. The predicted molar refractivity (Wildman–Crippen MR) is 97.9 cm³/mol. The first kappa shape index (κ1) is 17.7. The Labute approximate surface area is 151 Å². The van der Waals surface area contributed by atoms with Crippen molar-refractivity contribution in [3.8, 4) is 0 Å². The minimum absolute atomic E-state index is 0.231. The second-order valence-corrected chi connectivity index (χ2v) is 6.31. The summed E-state index contributed by atoms with van der Waals surface area (Å²) in [6.45, 7) is 0. The van der Waals surface area contributed by atoms with E-state index in [1.165, 1.54) is 18.1 Å². The molecule has 0 radical (unpaired) electrons. The summed E-state index contributed by atoms with van der Waals surface area (Å²) in [5.41, 5.74) is 0.484. The second kappa shape index (κ2) is 7.00. The molecular formula is C20H20N2O4. The number of hydrogen-bond donors (Lipinski definition) is 1. The number of para-hydroxylation sites is 1. The summed E-state index contributed by atoms with van der Waals surface area (Å²) in [6, 6.07) is 15.7. The number of benzene rings is 2. The first-order valence-corrected chi connectivity index (χ1v) is 8.31. The average Bonchev–Trinajstić information content (AvgIpc) is 3.49. The number of methoxy groups -OCH3 is 1. The van der Waals surface area contributed by atoms with Gasteiger partial charge in [0.1, 0.15) is 5.41 Å². The largest absolute Gasteiger partial charge is 0.465 e. The summed E-state index contributed by atoms with van der Waals surface area (Å²) in [5.74, 6) is -1.07. The maximum absolute atomic E-state index is 12.9. The van der Waals surface area contributed by atoms with Crippen molar-refractivity contribution in [3.05, 3.63) is 60.2 Å². The van der Waals surface area contributed by atoms with Gasteiger partial charge in [-0.2, -0.15) is 0 Å². The van der Waals surface area contributed by atoms with Gasteiger partial charge >= 0.3 is 5.97 Å². The van der Waals surface area contributed by atoms with Gasteiger partial charge in [0, 0.05) is 18.4 Å². The molecule has 2 aromatic rings. The lowest BCUT2D eigenvalue weighted by molar-refractivity contribution is -0.132. The van der Waals surface area contributed by atoms with Gasteiger partial charge in [-0.25, -0.2) is 4.79 Å². The van der Waals surface area contributed by atoms with E-state index >= 15 is 0 Å². The molecule has 2 amide bonds. The van der Waals surface area contributed by atoms with E-state index in [9.17, 15) is 14.4 Å². The van der Waals surface area contributed by atoms with Gasteiger partial charge in [0.05, 0.1) is 12.7 Å². The normalized spacial score (nSPS) is 14.2. The Bertz CT molecular complexity index is 844. The third-order valence-corrected chi connectivity index (χ3v) is 4.58. The third kappa shape index (κ3) is 3.31. The number of anilines is 2. The highest BCUT2D eigenvalue weighted by molar-refractivity contribution is 6.17. The average molecular weight is 352 g/mol. The Hall–Kier alpha value is -3.15. The van der Waals surface area contributed by atoms with Crippen LogP contribution in [0.2, 0.25) is 0 Å². The van der Waals surface area contributed by atoms with Crippen LogP contribution in [0, 0.1) is 5.41 Å². The highest BCUT2D eigenvalue weighted by atomic mass is 16.5.